The predicted molar refractivity (Wildman–Crippen MR) is 58.6 cm³/mol. The van der Waals surface area contributed by atoms with Crippen LogP contribution in [-0.4, -0.2) is 34.3 Å². The third-order valence-corrected chi connectivity index (χ3v) is 2.56. The fourth-order valence-electron chi connectivity index (χ4n) is 1.90. The molecule has 1 unspecified atom stereocenters. The van der Waals surface area contributed by atoms with Crippen LogP contribution >= 0.6 is 0 Å². The highest BCUT2D eigenvalue weighted by Crippen LogP contribution is 2.19. The first kappa shape index (κ1) is 10.2. The molecule has 0 saturated carbocycles. The van der Waals surface area contributed by atoms with E-state index < -0.39 is 0 Å². The summed E-state index contributed by atoms with van der Waals surface area (Å²) in [6, 6.07) is 1.76. The van der Waals surface area contributed by atoms with Crippen LogP contribution in [0.2, 0.25) is 0 Å². The Labute approximate surface area is 88.9 Å². The lowest BCUT2D eigenvalue weighted by molar-refractivity contribution is 0.154. The Morgan fingerprint density at radius 1 is 1.53 bits per heavy atom. The molecule has 1 atom stereocenters. The summed E-state index contributed by atoms with van der Waals surface area (Å²) < 4.78 is 0. The van der Waals surface area contributed by atoms with Crippen molar-refractivity contribution in [1.82, 2.24) is 9.97 Å². The zero-order valence-electron chi connectivity index (χ0n) is 8.85. The van der Waals surface area contributed by atoms with Crippen molar-refractivity contribution in [2.45, 2.75) is 25.9 Å². The van der Waals surface area contributed by atoms with E-state index in [9.17, 15) is 5.11 Å². The number of nitrogen functional groups attached to an aromatic ring is 1. The lowest BCUT2D eigenvalue weighted by Crippen LogP contribution is -2.38. The van der Waals surface area contributed by atoms with Gasteiger partial charge in [0.25, 0.3) is 0 Å². The summed E-state index contributed by atoms with van der Waals surface area (Å²) in [5.74, 6) is 1.97. The molecule has 1 fully saturated rings. The van der Waals surface area contributed by atoms with Gasteiger partial charge in [-0.15, -0.1) is 0 Å². The van der Waals surface area contributed by atoms with Crippen LogP contribution in [-0.2, 0) is 0 Å². The maximum absolute atomic E-state index is 9.56. The first-order valence-corrected chi connectivity index (χ1v) is 5.19. The molecule has 1 aromatic heterocycles. The molecule has 15 heavy (non-hydrogen) atoms. The summed E-state index contributed by atoms with van der Waals surface area (Å²) in [4.78, 5) is 10.4. The molecular formula is C10H16N4O. The van der Waals surface area contributed by atoms with Crippen LogP contribution in [0.5, 0.6) is 0 Å². The molecule has 0 aromatic carbocycles. The van der Waals surface area contributed by atoms with Crippen molar-refractivity contribution in [2.75, 3.05) is 23.7 Å². The fourth-order valence-corrected chi connectivity index (χ4v) is 1.90. The molecule has 0 aliphatic carbocycles. The SMILES string of the molecule is Cc1nc(N)cc(N2CCCC(O)C2)n1. The van der Waals surface area contributed by atoms with Gasteiger partial charge in [0.2, 0.25) is 0 Å². The van der Waals surface area contributed by atoms with E-state index in [4.69, 9.17) is 5.73 Å². The van der Waals surface area contributed by atoms with Gasteiger partial charge in [0, 0.05) is 19.2 Å². The minimum Gasteiger partial charge on any atom is -0.391 e. The van der Waals surface area contributed by atoms with E-state index in [0.29, 0.717) is 18.2 Å². The Morgan fingerprint density at radius 2 is 2.33 bits per heavy atom. The predicted octanol–water partition coefficient (Wildman–Crippen LogP) is 0.328. The van der Waals surface area contributed by atoms with E-state index in [1.165, 1.54) is 0 Å². The summed E-state index contributed by atoms with van der Waals surface area (Å²) in [7, 11) is 0. The number of anilines is 2. The Hall–Kier alpha value is -1.36. The topological polar surface area (TPSA) is 75.3 Å². The van der Waals surface area contributed by atoms with Crippen LogP contribution in [0.25, 0.3) is 0 Å². The Morgan fingerprint density at radius 3 is 3.00 bits per heavy atom. The lowest BCUT2D eigenvalue weighted by atomic mass is 10.1. The van der Waals surface area contributed by atoms with Crippen LogP contribution in [0.15, 0.2) is 6.07 Å². The standard InChI is InChI=1S/C10H16N4O/c1-7-12-9(11)5-10(13-7)14-4-2-3-8(15)6-14/h5,8,15H,2-4,6H2,1H3,(H2,11,12,13). The Bertz CT molecular complexity index is 335. The highest BCUT2D eigenvalue weighted by atomic mass is 16.3. The summed E-state index contributed by atoms with van der Waals surface area (Å²) in [5, 5.41) is 9.56. The first-order chi connectivity index (χ1) is 7.15. The molecule has 0 amide bonds. The Balaban J connectivity index is 2.20. The molecular weight excluding hydrogens is 192 g/mol. The smallest absolute Gasteiger partial charge is 0.134 e. The molecule has 1 saturated heterocycles. The van der Waals surface area contributed by atoms with Crippen LogP contribution in [0.1, 0.15) is 18.7 Å². The van der Waals surface area contributed by atoms with Crippen LogP contribution in [0.3, 0.4) is 0 Å². The molecule has 2 heterocycles. The van der Waals surface area contributed by atoms with Crippen LogP contribution in [0.4, 0.5) is 11.6 Å². The summed E-state index contributed by atoms with van der Waals surface area (Å²) in [6.45, 7) is 3.38. The van der Waals surface area contributed by atoms with E-state index in [-0.39, 0.29) is 6.10 Å². The van der Waals surface area contributed by atoms with Gasteiger partial charge in [0.15, 0.2) is 0 Å². The van der Waals surface area contributed by atoms with Gasteiger partial charge < -0.3 is 15.7 Å². The van der Waals surface area contributed by atoms with E-state index in [2.05, 4.69) is 14.9 Å². The highest BCUT2D eigenvalue weighted by molar-refractivity contribution is 5.47. The number of nitrogens with two attached hydrogens (primary N) is 1. The van der Waals surface area contributed by atoms with Crippen molar-refractivity contribution in [2.24, 2.45) is 0 Å². The van der Waals surface area contributed by atoms with E-state index in [0.717, 1.165) is 25.2 Å². The van der Waals surface area contributed by atoms with Gasteiger partial charge >= 0.3 is 0 Å². The molecule has 0 radical (unpaired) electrons. The van der Waals surface area contributed by atoms with Gasteiger partial charge in [-0.25, -0.2) is 9.97 Å². The third kappa shape index (κ3) is 2.36. The van der Waals surface area contributed by atoms with Gasteiger partial charge in [-0.2, -0.15) is 0 Å². The van der Waals surface area contributed by atoms with Crippen LogP contribution < -0.4 is 10.6 Å². The third-order valence-electron chi connectivity index (χ3n) is 2.56. The number of nitrogens with zero attached hydrogens (tertiary/aromatic N) is 3. The number of rotatable bonds is 1. The quantitative estimate of drug-likeness (QED) is 0.695. The molecule has 1 aliphatic rings. The van der Waals surface area contributed by atoms with Gasteiger partial charge in [-0.1, -0.05) is 0 Å². The monoisotopic (exact) mass is 208 g/mol. The number of hydrogen-bond donors (Lipinski definition) is 2. The van der Waals surface area contributed by atoms with Gasteiger partial charge in [-0.3, -0.25) is 0 Å². The number of aromatic nitrogens is 2. The second-order valence-electron chi connectivity index (χ2n) is 3.94. The molecule has 0 bridgehead atoms. The average molecular weight is 208 g/mol. The first-order valence-electron chi connectivity index (χ1n) is 5.19. The van der Waals surface area contributed by atoms with Crippen LogP contribution in [0, 0.1) is 6.92 Å². The number of aryl methyl sites for hydroxylation is 1. The second-order valence-corrected chi connectivity index (χ2v) is 3.94. The van der Waals surface area contributed by atoms with Crippen molar-refractivity contribution < 1.29 is 5.11 Å². The molecule has 82 valence electrons. The van der Waals surface area contributed by atoms with Crippen molar-refractivity contribution in [3.63, 3.8) is 0 Å². The number of aliphatic hydroxyl groups is 1. The molecule has 2 rings (SSSR count). The number of hydrogen-bond acceptors (Lipinski definition) is 5. The van der Waals surface area contributed by atoms with Crippen molar-refractivity contribution in [1.29, 1.82) is 0 Å². The molecule has 5 nitrogen and oxygen atoms in total. The zero-order chi connectivity index (χ0) is 10.8. The fraction of sp³-hybridized carbons (Fsp3) is 0.600. The minimum atomic E-state index is -0.254. The molecule has 0 spiro atoms. The Kier molecular flexibility index (Phi) is 2.73. The number of β-amino-alcohol motifs (C(OH)–C–C–N with tert-alkyl or cyclic N) is 1. The number of piperidine rings is 1. The second kappa shape index (κ2) is 4.02. The maximum atomic E-state index is 9.56. The normalized spacial score (nSPS) is 21.7. The molecule has 5 heteroatoms. The summed E-state index contributed by atoms with van der Waals surface area (Å²) in [6.07, 6.45) is 1.61. The van der Waals surface area contributed by atoms with Gasteiger partial charge in [0.05, 0.1) is 6.10 Å². The van der Waals surface area contributed by atoms with Crippen molar-refractivity contribution in [3.05, 3.63) is 11.9 Å². The van der Waals surface area contributed by atoms with Crippen molar-refractivity contribution >= 4 is 11.6 Å². The molecule has 1 aliphatic heterocycles. The largest absolute Gasteiger partial charge is 0.391 e. The molecule has 3 N–H and O–H groups in total. The minimum absolute atomic E-state index is 0.254. The lowest BCUT2D eigenvalue weighted by Gasteiger charge is -2.31. The number of aliphatic hydroxyl groups excluding tert-OH is 1. The van der Waals surface area contributed by atoms with E-state index >= 15 is 0 Å². The summed E-state index contributed by atoms with van der Waals surface area (Å²) in [5.41, 5.74) is 5.66. The van der Waals surface area contributed by atoms with Gasteiger partial charge in [0.1, 0.15) is 17.5 Å². The maximum Gasteiger partial charge on any atom is 0.134 e. The average Bonchev–Trinajstić information content (AvgIpc) is 2.16. The van der Waals surface area contributed by atoms with E-state index in [1.54, 1.807) is 6.07 Å². The highest BCUT2D eigenvalue weighted by Gasteiger charge is 2.19. The zero-order valence-corrected chi connectivity index (χ0v) is 8.85. The van der Waals surface area contributed by atoms with E-state index in [1.807, 2.05) is 6.92 Å². The van der Waals surface area contributed by atoms with Gasteiger partial charge in [-0.05, 0) is 19.8 Å². The summed E-state index contributed by atoms with van der Waals surface area (Å²) >= 11 is 0. The molecule has 1 aromatic rings. The van der Waals surface area contributed by atoms with Crippen molar-refractivity contribution in [3.8, 4) is 0 Å².